The Labute approximate surface area is 140 Å². The van der Waals surface area contributed by atoms with Crippen molar-refractivity contribution in [2.45, 2.75) is 6.92 Å². The molecule has 2 N–H and O–H groups in total. The first-order chi connectivity index (χ1) is 11.6. The molecule has 6 heteroatoms. The lowest BCUT2D eigenvalue weighted by molar-refractivity contribution is 0.0698. The topological polar surface area (TPSA) is 84.9 Å². The van der Waals surface area contributed by atoms with E-state index >= 15 is 0 Å². The maximum absolute atomic E-state index is 12.3. The largest absolute Gasteiger partial charge is 0.491 e. The average molecular weight is 329 g/mol. The number of anilines is 1. The summed E-state index contributed by atoms with van der Waals surface area (Å²) in [6.45, 7) is 3.38. The number of carbonyl (C=O) groups excluding carboxylic acids is 1. The van der Waals surface area contributed by atoms with Gasteiger partial charge in [0.1, 0.15) is 12.4 Å². The maximum atomic E-state index is 12.3. The Balaban J connectivity index is 2.06. The van der Waals surface area contributed by atoms with Gasteiger partial charge in [-0.15, -0.1) is 0 Å². The highest BCUT2D eigenvalue weighted by molar-refractivity contribution is 6.07. The van der Waals surface area contributed by atoms with E-state index in [1.54, 1.807) is 42.5 Å². The molecule has 0 unspecified atom stereocenters. The van der Waals surface area contributed by atoms with Gasteiger partial charge in [0.15, 0.2) is 0 Å². The van der Waals surface area contributed by atoms with Gasteiger partial charge in [0.05, 0.1) is 17.9 Å². The van der Waals surface area contributed by atoms with Crippen molar-refractivity contribution in [3.05, 3.63) is 59.7 Å². The second-order valence-electron chi connectivity index (χ2n) is 4.88. The van der Waals surface area contributed by atoms with Gasteiger partial charge >= 0.3 is 5.97 Å². The molecule has 24 heavy (non-hydrogen) atoms. The summed E-state index contributed by atoms with van der Waals surface area (Å²) in [5.74, 6) is -0.952. The van der Waals surface area contributed by atoms with Crippen LogP contribution in [0.3, 0.4) is 0 Å². The zero-order valence-corrected chi connectivity index (χ0v) is 13.3. The molecule has 0 radical (unpaired) electrons. The Bertz CT molecular complexity index is 714. The van der Waals surface area contributed by atoms with Gasteiger partial charge in [0, 0.05) is 12.2 Å². The Morgan fingerprint density at radius 2 is 1.88 bits per heavy atom. The van der Waals surface area contributed by atoms with Crippen molar-refractivity contribution in [2.24, 2.45) is 0 Å². The van der Waals surface area contributed by atoms with Crippen LogP contribution in [0.25, 0.3) is 0 Å². The number of nitrogens with one attached hydrogen (secondary N) is 1. The number of para-hydroxylation sites is 1. The van der Waals surface area contributed by atoms with Crippen LogP contribution in [0.5, 0.6) is 5.75 Å². The first-order valence-corrected chi connectivity index (χ1v) is 7.56. The third-order valence-electron chi connectivity index (χ3n) is 3.20. The van der Waals surface area contributed by atoms with Gasteiger partial charge in [-0.2, -0.15) is 0 Å². The van der Waals surface area contributed by atoms with Crippen LogP contribution in [0.2, 0.25) is 0 Å². The second-order valence-corrected chi connectivity index (χ2v) is 4.88. The summed E-state index contributed by atoms with van der Waals surface area (Å²) >= 11 is 0. The van der Waals surface area contributed by atoms with Crippen molar-refractivity contribution in [3.8, 4) is 5.75 Å². The van der Waals surface area contributed by atoms with Crippen LogP contribution in [0, 0.1) is 0 Å². The van der Waals surface area contributed by atoms with Gasteiger partial charge in [0.25, 0.3) is 5.91 Å². The molecule has 126 valence electrons. The van der Waals surface area contributed by atoms with Crippen molar-refractivity contribution >= 4 is 17.6 Å². The van der Waals surface area contributed by atoms with Crippen molar-refractivity contribution in [1.29, 1.82) is 0 Å². The van der Waals surface area contributed by atoms with E-state index in [9.17, 15) is 9.59 Å². The Kier molecular flexibility index (Phi) is 6.33. The second kappa shape index (κ2) is 8.69. The predicted octanol–water partition coefficient (Wildman–Crippen LogP) is 3.05. The Morgan fingerprint density at radius 3 is 2.62 bits per heavy atom. The lowest BCUT2D eigenvalue weighted by Gasteiger charge is -2.10. The van der Waals surface area contributed by atoms with E-state index in [4.69, 9.17) is 14.6 Å². The van der Waals surface area contributed by atoms with Gasteiger partial charge in [-0.3, -0.25) is 4.79 Å². The minimum Gasteiger partial charge on any atom is -0.491 e. The van der Waals surface area contributed by atoms with E-state index in [0.717, 1.165) is 0 Å². The first kappa shape index (κ1) is 17.5. The molecule has 0 heterocycles. The quantitative estimate of drug-likeness (QED) is 0.727. The molecule has 0 saturated heterocycles. The summed E-state index contributed by atoms with van der Waals surface area (Å²) in [7, 11) is 0. The predicted molar refractivity (Wildman–Crippen MR) is 89.8 cm³/mol. The molecule has 0 saturated carbocycles. The van der Waals surface area contributed by atoms with E-state index in [1.807, 2.05) is 6.92 Å². The number of amides is 1. The fraction of sp³-hybridized carbons (Fsp3) is 0.222. The first-order valence-electron chi connectivity index (χ1n) is 7.56. The highest BCUT2D eigenvalue weighted by atomic mass is 16.5. The van der Waals surface area contributed by atoms with Crippen molar-refractivity contribution in [2.75, 3.05) is 25.1 Å². The molecule has 2 rings (SSSR count). The van der Waals surface area contributed by atoms with Gasteiger partial charge in [0.2, 0.25) is 0 Å². The lowest BCUT2D eigenvalue weighted by atomic mass is 10.1. The Morgan fingerprint density at radius 1 is 1.08 bits per heavy atom. The van der Waals surface area contributed by atoms with Crippen LogP contribution >= 0.6 is 0 Å². The van der Waals surface area contributed by atoms with Gasteiger partial charge < -0.3 is 19.9 Å². The number of carboxylic acids is 1. The molecule has 0 aromatic heterocycles. The average Bonchev–Trinajstić information content (AvgIpc) is 2.59. The maximum Gasteiger partial charge on any atom is 0.337 e. The fourth-order valence-corrected chi connectivity index (χ4v) is 2.06. The molecule has 0 aliphatic heterocycles. The molecule has 0 fully saturated rings. The van der Waals surface area contributed by atoms with E-state index in [1.165, 1.54) is 6.07 Å². The number of carbonyl (C=O) groups is 2. The number of hydrogen-bond donors (Lipinski definition) is 2. The summed E-state index contributed by atoms with van der Waals surface area (Å²) in [5, 5.41) is 11.8. The third-order valence-corrected chi connectivity index (χ3v) is 3.20. The van der Waals surface area contributed by atoms with Gasteiger partial charge in [-0.1, -0.05) is 18.2 Å². The number of benzene rings is 2. The van der Waals surface area contributed by atoms with Crippen LogP contribution in [0.1, 0.15) is 27.6 Å². The monoisotopic (exact) mass is 329 g/mol. The van der Waals surface area contributed by atoms with Crippen LogP contribution in [0.4, 0.5) is 5.69 Å². The standard InChI is InChI=1S/C18H19NO5/c1-2-23-10-11-24-14-7-5-6-13(12-14)17(20)19-16-9-4-3-8-15(16)18(21)22/h3-9,12H,2,10-11H2,1H3,(H,19,20)(H,21,22). The summed E-state index contributed by atoms with van der Waals surface area (Å²) in [6.07, 6.45) is 0. The molecule has 2 aromatic carbocycles. The van der Waals surface area contributed by atoms with Gasteiger partial charge in [-0.25, -0.2) is 4.79 Å². The van der Waals surface area contributed by atoms with Crippen molar-refractivity contribution in [3.63, 3.8) is 0 Å². The number of ether oxygens (including phenoxy) is 2. The number of rotatable bonds is 8. The molecule has 6 nitrogen and oxygen atoms in total. The molecular formula is C18H19NO5. The van der Waals surface area contributed by atoms with Crippen LogP contribution < -0.4 is 10.1 Å². The number of aromatic carboxylic acids is 1. The van der Waals surface area contributed by atoms with Crippen molar-refractivity contribution in [1.82, 2.24) is 0 Å². The van der Waals surface area contributed by atoms with Crippen LogP contribution in [-0.2, 0) is 4.74 Å². The minimum absolute atomic E-state index is 0.0370. The van der Waals surface area contributed by atoms with E-state index < -0.39 is 11.9 Å². The molecular weight excluding hydrogens is 310 g/mol. The summed E-state index contributed by atoms with van der Waals surface area (Å²) in [6, 6.07) is 12.9. The molecule has 1 amide bonds. The highest BCUT2D eigenvalue weighted by Crippen LogP contribution is 2.18. The minimum atomic E-state index is -1.10. The normalized spacial score (nSPS) is 10.2. The van der Waals surface area contributed by atoms with Crippen molar-refractivity contribution < 1.29 is 24.2 Å². The molecule has 0 atom stereocenters. The van der Waals surface area contributed by atoms with Crippen LogP contribution in [-0.4, -0.2) is 36.8 Å². The van der Waals surface area contributed by atoms with E-state index in [0.29, 0.717) is 31.1 Å². The Hall–Kier alpha value is -2.86. The third kappa shape index (κ3) is 4.82. The molecule has 0 bridgehead atoms. The molecule has 0 aliphatic carbocycles. The fourth-order valence-electron chi connectivity index (χ4n) is 2.06. The summed E-state index contributed by atoms with van der Waals surface area (Å²) in [4.78, 5) is 23.5. The van der Waals surface area contributed by atoms with E-state index in [-0.39, 0.29) is 11.3 Å². The molecule has 0 spiro atoms. The van der Waals surface area contributed by atoms with Crippen LogP contribution in [0.15, 0.2) is 48.5 Å². The summed E-state index contributed by atoms with van der Waals surface area (Å²) in [5.41, 5.74) is 0.664. The number of hydrogen-bond acceptors (Lipinski definition) is 4. The summed E-state index contributed by atoms with van der Waals surface area (Å²) < 4.78 is 10.7. The van der Waals surface area contributed by atoms with E-state index in [2.05, 4.69) is 5.32 Å². The zero-order valence-electron chi connectivity index (χ0n) is 13.3. The highest BCUT2D eigenvalue weighted by Gasteiger charge is 2.13. The lowest BCUT2D eigenvalue weighted by Crippen LogP contribution is -2.15. The SMILES string of the molecule is CCOCCOc1cccc(C(=O)Nc2ccccc2C(=O)O)c1. The number of carboxylic acid groups (broad SMARTS) is 1. The zero-order chi connectivity index (χ0) is 17.4. The molecule has 0 aliphatic rings. The molecule has 2 aromatic rings. The van der Waals surface area contributed by atoms with Gasteiger partial charge in [-0.05, 0) is 37.3 Å². The smallest absolute Gasteiger partial charge is 0.337 e.